The van der Waals surface area contributed by atoms with Crippen molar-refractivity contribution in [3.8, 4) is 0 Å². The molecule has 2 aromatic rings. The molecular weight excluding hydrogens is 340 g/mol. The first-order valence-electron chi connectivity index (χ1n) is 8.46. The summed E-state index contributed by atoms with van der Waals surface area (Å²) < 4.78 is 6.82. The number of fused-ring (bicyclic) bond motifs is 1. The standard InChI is InChI=1S/C16H24N6O4/c1-16(2,3)26-15(25)21-8-4-5-9(23)11(12(8)24)22-7-20-10-13(17)18-6-19-14(10)22/h6-9,11-12,23-24H,4-5H2,1-3H3,(H,21,25)(H2,17,18,19)/t8-,9+,11-,12-/m1/s1. The molecule has 3 rings (SSSR count). The van der Waals surface area contributed by atoms with Crippen molar-refractivity contribution in [3.63, 3.8) is 0 Å². The lowest BCUT2D eigenvalue weighted by Gasteiger charge is -2.39. The lowest BCUT2D eigenvalue weighted by Crippen LogP contribution is -2.54. The Bertz CT molecular complexity index is 802. The number of ether oxygens (including phenoxy) is 1. The molecule has 0 radical (unpaired) electrons. The zero-order valence-electron chi connectivity index (χ0n) is 15.0. The van der Waals surface area contributed by atoms with Crippen LogP contribution in [0, 0.1) is 0 Å². The Balaban J connectivity index is 1.84. The number of alkyl carbamates (subject to hydrolysis) is 1. The number of hydrogen-bond donors (Lipinski definition) is 4. The number of hydrogen-bond acceptors (Lipinski definition) is 8. The molecule has 2 aromatic heterocycles. The van der Waals surface area contributed by atoms with E-state index in [4.69, 9.17) is 10.5 Å². The Labute approximate surface area is 150 Å². The van der Waals surface area contributed by atoms with Gasteiger partial charge in [-0.15, -0.1) is 0 Å². The first-order chi connectivity index (χ1) is 12.2. The largest absolute Gasteiger partial charge is 0.444 e. The molecule has 26 heavy (non-hydrogen) atoms. The van der Waals surface area contributed by atoms with Gasteiger partial charge in [-0.1, -0.05) is 0 Å². The Morgan fingerprint density at radius 2 is 2.04 bits per heavy atom. The fraction of sp³-hybridized carbons (Fsp3) is 0.625. The van der Waals surface area contributed by atoms with Gasteiger partial charge in [0.1, 0.15) is 17.4 Å². The minimum atomic E-state index is -1.06. The van der Waals surface area contributed by atoms with Gasteiger partial charge in [-0.25, -0.2) is 19.7 Å². The number of nitrogens with zero attached hydrogens (tertiary/aromatic N) is 4. The van der Waals surface area contributed by atoms with Gasteiger partial charge in [0.2, 0.25) is 0 Å². The minimum absolute atomic E-state index is 0.219. The number of carbonyl (C=O) groups excluding carboxylic acids is 1. The summed E-state index contributed by atoms with van der Waals surface area (Å²) in [5, 5.41) is 23.9. The number of anilines is 1. The molecule has 1 aliphatic carbocycles. The van der Waals surface area contributed by atoms with E-state index in [1.807, 2.05) is 0 Å². The molecule has 2 heterocycles. The summed E-state index contributed by atoms with van der Waals surface area (Å²) in [7, 11) is 0. The highest BCUT2D eigenvalue weighted by molar-refractivity contribution is 5.81. The highest BCUT2D eigenvalue weighted by Gasteiger charge is 2.41. The number of aliphatic hydroxyl groups excluding tert-OH is 2. The third-order valence-corrected chi connectivity index (χ3v) is 4.34. The van der Waals surface area contributed by atoms with Gasteiger partial charge in [0.15, 0.2) is 11.5 Å². The van der Waals surface area contributed by atoms with Crippen molar-refractivity contribution in [1.82, 2.24) is 24.8 Å². The summed E-state index contributed by atoms with van der Waals surface area (Å²) in [6.07, 6.45) is 1.08. The summed E-state index contributed by atoms with van der Waals surface area (Å²) in [5.41, 5.74) is 5.97. The van der Waals surface area contributed by atoms with Crippen LogP contribution < -0.4 is 11.1 Å². The smallest absolute Gasteiger partial charge is 0.407 e. The summed E-state index contributed by atoms with van der Waals surface area (Å²) in [4.78, 5) is 24.3. The van der Waals surface area contributed by atoms with Crippen LogP contribution in [0.1, 0.15) is 39.7 Å². The van der Waals surface area contributed by atoms with Crippen molar-refractivity contribution in [3.05, 3.63) is 12.7 Å². The van der Waals surface area contributed by atoms with E-state index < -0.39 is 36.0 Å². The molecule has 0 aliphatic heterocycles. The Kier molecular flexibility index (Phi) is 4.72. The van der Waals surface area contributed by atoms with E-state index in [9.17, 15) is 15.0 Å². The Morgan fingerprint density at radius 3 is 2.73 bits per heavy atom. The molecule has 1 saturated carbocycles. The van der Waals surface area contributed by atoms with Crippen molar-refractivity contribution in [2.45, 2.75) is 63.5 Å². The minimum Gasteiger partial charge on any atom is -0.444 e. The van der Waals surface area contributed by atoms with Gasteiger partial charge in [-0.05, 0) is 33.6 Å². The van der Waals surface area contributed by atoms with Gasteiger partial charge in [0.25, 0.3) is 0 Å². The number of imidazole rings is 1. The quantitative estimate of drug-likeness (QED) is 0.597. The normalized spacial score (nSPS) is 26.7. The highest BCUT2D eigenvalue weighted by Crippen LogP contribution is 2.32. The van der Waals surface area contributed by atoms with Crippen LogP contribution in [0.4, 0.5) is 10.6 Å². The van der Waals surface area contributed by atoms with E-state index in [1.165, 1.54) is 12.7 Å². The zero-order chi connectivity index (χ0) is 19.1. The second-order valence-corrected chi connectivity index (χ2v) is 7.46. The fourth-order valence-electron chi connectivity index (χ4n) is 3.21. The van der Waals surface area contributed by atoms with Crippen molar-refractivity contribution >= 4 is 23.1 Å². The molecule has 4 atom stereocenters. The monoisotopic (exact) mass is 364 g/mol. The molecule has 0 bridgehead atoms. The average Bonchev–Trinajstić information content (AvgIpc) is 2.94. The van der Waals surface area contributed by atoms with E-state index in [1.54, 1.807) is 25.3 Å². The molecular formula is C16H24N6O4. The maximum atomic E-state index is 12.0. The fourth-order valence-corrected chi connectivity index (χ4v) is 3.21. The second-order valence-electron chi connectivity index (χ2n) is 7.46. The average molecular weight is 364 g/mol. The summed E-state index contributed by atoms with van der Waals surface area (Å²) in [6.45, 7) is 5.29. The molecule has 1 aliphatic rings. The van der Waals surface area contributed by atoms with Crippen LogP contribution in [0.15, 0.2) is 12.7 Å². The van der Waals surface area contributed by atoms with Gasteiger partial charge < -0.3 is 30.6 Å². The van der Waals surface area contributed by atoms with Gasteiger partial charge >= 0.3 is 6.09 Å². The van der Waals surface area contributed by atoms with E-state index in [2.05, 4.69) is 20.3 Å². The lowest BCUT2D eigenvalue weighted by molar-refractivity contribution is -0.0364. The predicted octanol–water partition coefficient (Wildman–Crippen LogP) is 0.358. The van der Waals surface area contributed by atoms with Gasteiger partial charge in [-0.2, -0.15) is 0 Å². The Hall–Kier alpha value is -2.46. The third kappa shape index (κ3) is 3.56. The molecule has 0 unspecified atom stereocenters. The molecule has 10 heteroatoms. The molecule has 0 saturated heterocycles. The second kappa shape index (κ2) is 6.69. The number of nitrogens with one attached hydrogen (secondary N) is 1. The summed E-state index contributed by atoms with van der Waals surface area (Å²) in [6, 6.07) is -1.31. The van der Waals surface area contributed by atoms with Gasteiger partial charge in [0, 0.05) is 0 Å². The van der Waals surface area contributed by atoms with E-state index >= 15 is 0 Å². The van der Waals surface area contributed by atoms with Crippen molar-refractivity contribution in [2.24, 2.45) is 0 Å². The zero-order valence-corrected chi connectivity index (χ0v) is 15.0. The summed E-state index contributed by atoms with van der Waals surface area (Å²) in [5.74, 6) is 0.219. The van der Waals surface area contributed by atoms with E-state index in [0.717, 1.165) is 0 Å². The number of nitrogen functional groups attached to an aromatic ring is 1. The van der Waals surface area contributed by atoms with Crippen LogP contribution in [0.2, 0.25) is 0 Å². The van der Waals surface area contributed by atoms with Crippen molar-refractivity contribution < 1.29 is 19.7 Å². The van der Waals surface area contributed by atoms with Crippen LogP contribution in [0.25, 0.3) is 11.2 Å². The number of rotatable bonds is 2. The highest BCUT2D eigenvalue weighted by atomic mass is 16.6. The van der Waals surface area contributed by atoms with Crippen LogP contribution in [-0.2, 0) is 4.74 Å². The Morgan fingerprint density at radius 1 is 1.31 bits per heavy atom. The van der Waals surface area contributed by atoms with Gasteiger partial charge in [0.05, 0.1) is 30.6 Å². The summed E-state index contributed by atoms with van der Waals surface area (Å²) >= 11 is 0. The van der Waals surface area contributed by atoms with E-state index in [-0.39, 0.29) is 5.82 Å². The maximum absolute atomic E-state index is 12.0. The maximum Gasteiger partial charge on any atom is 0.407 e. The molecule has 1 amide bonds. The third-order valence-electron chi connectivity index (χ3n) is 4.34. The molecule has 1 fully saturated rings. The number of nitrogens with two attached hydrogens (primary N) is 1. The number of aromatic nitrogens is 4. The van der Waals surface area contributed by atoms with Crippen LogP contribution in [0.3, 0.4) is 0 Å². The molecule has 142 valence electrons. The van der Waals surface area contributed by atoms with Crippen LogP contribution >= 0.6 is 0 Å². The topological polar surface area (TPSA) is 148 Å². The predicted molar refractivity (Wildman–Crippen MR) is 93.2 cm³/mol. The first-order valence-corrected chi connectivity index (χ1v) is 8.46. The molecule has 0 aromatic carbocycles. The SMILES string of the molecule is CC(C)(C)OC(=O)N[C@@H]1CC[C@H](O)[C@@H](n2cnc3c(N)ncnc32)[C@@H]1O. The van der Waals surface area contributed by atoms with Gasteiger partial charge in [-0.3, -0.25) is 0 Å². The van der Waals surface area contributed by atoms with Crippen molar-refractivity contribution in [2.75, 3.05) is 5.73 Å². The first kappa shape index (κ1) is 18.3. The lowest BCUT2D eigenvalue weighted by atomic mass is 9.85. The molecule has 0 spiro atoms. The van der Waals surface area contributed by atoms with Crippen LogP contribution in [-0.4, -0.2) is 59.7 Å². The molecule has 10 nitrogen and oxygen atoms in total. The van der Waals surface area contributed by atoms with Crippen LogP contribution in [0.5, 0.6) is 0 Å². The van der Waals surface area contributed by atoms with E-state index in [0.29, 0.717) is 24.0 Å². The number of amides is 1. The number of aliphatic hydroxyl groups is 2. The number of carbonyl (C=O) groups is 1. The van der Waals surface area contributed by atoms with Crippen molar-refractivity contribution in [1.29, 1.82) is 0 Å². The molecule has 5 N–H and O–H groups in total.